The molecule has 1 heterocycles. The van der Waals surface area contributed by atoms with Gasteiger partial charge in [0.05, 0.1) is 17.1 Å². The Labute approximate surface area is 112 Å². The summed E-state index contributed by atoms with van der Waals surface area (Å²) in [6.07, 6.45) is -1.35. The highest BCUT2D eigenvalue weighted by Crippen LogP contribution is 2.36. The molecule has 0 spiro atoms. The van der Waals surface area contributed by atoms with Crippen LogP contribution in [0.5, 0.6) is 0 Å². The number of hydrogen-bond acceptors (Lipinski definition) is 3. The van der Waals surface area contributed by atoms with E-state index in [1.807, 2.05) is 0 Å². The number of anilines is 1. The van der Waals surface area contributed by atoms with E-state index in [0.717, 1.165) is 6.07 Å². The predicted octanol–water partition coefficient (Wildman–Crippen LogP) is 3.76. The van der Waals surface area contributed by atoms with E-state index < -0.39 is 11.7 Å². The minimum Gasteiger partial charge on any atom is -0.378 e. The lowest BCUT2D eigenvalue weighted by Crippen LogP contribution is -2.08. The Kier molecular flexibility index (Phi) is 3.90. The molecular formula is C12H9ClF3N3. The molecule has 0 unspecified atom stereocenters. The topological polar surface area (TPSA) is 37.8 Å². The van der Waals surface area contributed by atoms with E-state index in [4.69, 9.17) is 11.6 Å². The average Bonchev–Trinajstić information content (AvgIpc) is 2.37. The minimum atomic E-state index is -4.47. The van der Waals surface area contributed by atoms with Crippen molar-refractivity contribution in [3.05, 3.63) is 53.1 Å². The van der Waals surface area contributed by atoms with Crippen molar-refractivity contribution >= 4 is 17.3 Å². The first-order valence-electron chi connectivity index (χ1n) is 5.33. The molecule has 0 atom stereocenters. The van der Waals surface area contributed by atoms with Crippen LogP contribution in [0.1, 0.15) is 11.4 Å². The molecule has 0 bridgehead atoms. The average molecular weight is 288 g/mol. The van der Waals surface area contributed by atoms with Gasteiger partial charge in [0.15, 0.2) is 0 Å². The Morgan fingerprint density at radius 2 is 1.84 bits per heavy atom. The summed E-state index contributed by atoms with van der Waals surface area (Å²) in [5, 5.41) is 2.49. The fourth-order valence-electron chi connectivity index (χ4n) is 1.45. The van der Waals surface area contributed by atoms with Gasteiger partial charge in [0.1, 0.15) is 5.82 Å². The summed E-state index contributed by atoms with van der Waals surface area (Å²) in [7, 11) is 0. The van der Waals surface area contributed by atoms with Crippen LogP contribution in [-0.2, 0) is 12.7 Å². The zero-order chi connectivity index (χ0) is 13.9. The largest absolute Gasteiger partial charge is 0.417 e. The minimum absolute atomic E-state index is 0.236. The molecular weight excluding hydrogens is 279 g/mol. The van der Waals surface area contributed by atoms with E-state index in [0.29, 0.717) is 11.5 Å². The maximum Gasteiger partial charge on any atom is 0.417 e. The summed E-state index contributed by atoms with van der Waals surface area (Å²) in [6, 6.07) is 5.30. The molecule has 1 aromatic carbocycles. The lowest BCUT2D eigenvalue weighted by molar-refractivity contribution is -0.137. The van der Waals surface area contributed by atoms with Gasteiger partial charge < -0.3 is 5.32 Å². The van der Waals surface area contributed by atoms with Gasteiger partial charge in [-0.25, -0.2) is 9.97 Å². The molecule has 0 aliphatic rings. The van der Waals surface area contributed by atoms with Crippen molar-refractivity contribution in [2.24, 2.45) is 0 Å². The van der Waals surface area contributed by atoms with Gasteiger partial charge in [0.2, 0.25) is 0 Å². The molecule has 0 fully saturated rings. The Bertz CT molecular complexity index is 558. The third kappa shape index (κ3) is 3.57. The maximum atomic E-state index is 12.7. The summed E-state index contributed by atoms with van der Waals surface area (Å²) >= 11 is 5.53. The highest BCUT2D eigenvalue weighted by molar-refractivity contribution is 6.31. The molecule has 7 heteroatoms. The number of halogens is 4. The molecule has 0 aliphatic carbocycles. The molecule has 1 N–H and O–H groups in total. The summed E-state index contributed by atoms with van der Waals surface area (Å²) in [5.41, 5.74) is -0.558. The third-order valence-electron chi connectivity index (χ3n) is 2.34. The molecule has 0 radical (unpaired) electrons. The number of aromatic nitrogens is 2. The quantitative estimate of drug-likeness (QED) is 0.934. The lowest BCUT2D eigenvalue weighted by atomic mass is 10.2. The molecule has 2 aromatic rings. The monoisotopic (exact) mass is 287 g/mol. The van der Waals surface area contributed by atoms with E-state index in [9.17, 15) is 13.2 Å². The molecule has 0 aliphatic heterocycles. The Morgan fingerprint density at radius 3 is 2.47 bits per heavy atom. The first-order valence-corrected chi connectivity index (χ1v) is 5.71. The fourth-order valence-corrected chi connectivity index (χ4v) is 1.68. The van der Waals surface area contributed by atoms with Crippen LogP contribution in [0.2, 0.25) is 5.02 Å². The Morgan fingerprint density at radius 1 is 1.16 bits per heavy atom. The first-order chi connectivity index (χ1) is 8.97. The first kappa shape index (κ1) is 13.6. The van der Waals surface area contributed by atoms with E-state index in [1.165, 1.54) is 12.1 Å². The van der Waals surface area contributed by atoms with Gasteiger partial charge in [-0.05, 0) is 24.3 Å². The van der Waals surface area contributed by atoms with Gasteiger partial charge in [-0.2, -0.15) is 13.2 Å². The number of alkyl halides is 3. The number of rotatable bonds is 3. The summed E-state index contributed by atoms with van der Waals surface area (Å²) in [5.74, 6) is 0.492. The van der Waals surface area contributed by atoms with Gasteiger partial charge >= 0.3 is 6.18 Å². The van der Waals surface area contributed by atoms with E-state index in [-0.39, 0.29) is 11.6 Å². The van der Waals surface area contributed by atoms with Crippen LogP contribution < -0.4 is 5.32 Å². The molecule has 0 amide bonds. The zero-order valence-electron chi connectivity index (χ0n) is 9.58. The summed E-state index contributed by atoms with van der Waals surface area (Å²) in [4.78, 5) is 7.92. The highest BCUT2D eigenvalue weighted by Gasteiger charge is 2.33. The van der Waals surface area contributed by atoms with Crippen molar-refractivity contribution in [3.8, 4) is 0 Å². The second-order valence-electron chi connectivity index (χ2n) is 3.71. The third-order valence-corrected chi connectivity index (χ3v) is 2.67. The van der Waals surface area contributed by atoms with Gasteiger partial charge in [0.25, 0.3) is 0 Å². The van der Waals surface area contributed by atoms with Crippen LogP contribution in [-0.4, -0.2) is 9.97 Å². The molecule has 1 aromatic heterocycles. The van der Waals surface area contributed by atoms with Crippen LogP contribution in [0.15, 0.2) is 36.7 Å². The maximum absolute atomic E-state index is 12.7. The van der Waals surface area contributed by atoms with E-state index in [2.05, 4.69) is 15.3 Å². The summed E-state index contributed by atoms with van der Waals surface area (Å²) < 4.78 is 38.0. The van der Waals surface area contributed by atoms with Gasteiger partial charge in [-0.1, -0.05) is 11.6 Å². The molecule has 2 rings (SSSR count). The SMILES string of the molecule is FC(F)(F)c1cc(NCc2ncccn2)ccc1Cl. The van der Waals surface area contributed by atoms with Crippen molar-refractivity contribution < 1.29 is 13.2 Å². The smallest absolute Gasteiger partial charge is 0.378 e. The predicted molar refractivity (Wildman–Crippen MR) is 65.8 cm³/mol. The van der Waals surface area contributed by atoms with Crippen LogP contribution in [0.3, 0.4) is 0 Å². The Hall–Kier alpha value is -1.82. The van der Waals surface area contributed by atoms with Crippen LogP contribution >= 0.6 is 11.6 Å². The van der Waals surface area contributed by atoms with Crippen LogP contribution in [0.25, 0.3) is 0 Å². The fraction of sp³-hybridized carbons (Fsp3) is 0.167. The normalized spacial score (nSPS) is 11.4. The standard InChI is InChI=1S/C12H9ClF3N3/c13-10-3-2-8(6-9(10)12(14,15)16)19-7-11-17-4-1-5-18-11/h1-6,19H,7H2. The molecule has 3 nitrogen and oxygen atoms in total. The van der Waals surface area contributed by atoms with Gasteiger partial charge in [-0.3, -0.25) is 0 Å². The summed E-state index contributed by atoms with van der Waals surface area (Å²) in [6.45, 7) is 0.236. The van der Waals surface area contributed by atoms with Crippen LogP contribution in [0, 0.1) is 0 Å². The van der Waals surface area contributed by atoms with Gasteiger partial charge in [0, 0.05) is 18.1 Å². The number of benzene rings is 1. The van der Waals surface area contributed by atoms with Crippen LogP contribution in [0.4, 0.5) is 18.9 Å². The number of hydrogen-bond donors (Lipinski definition) is 1. The van der Waals surface area contributed by atoms with Crippen molar-refractivity contribution in [2.45, 2.75) is 12.7 Å². The van der Waals surface area contributed by atoms with Crippen molar-refractivity contribution in [1.82, 2.24) is 9.97 Å². The second kappa shape index (κ2) is 5.44. The highest BCUT2D eigenvalue weighted by atomic mass is 35.5. The molecule has 19 heavy (non-hydrogen) atoms. The van der Waals surface area contributed by atoms with Gasteiger partial charge in [-0.15, -0.1) is 0 Å². The number of nitrogens with zero attached hydrogens (tertiary/aromatic N) is 2. The van der Waals surface area contributed by atoms with E-state index in [1.54, 1.807) is 18.5 Å². The van der Waals surface area contributed by atoms with Crippen molar-refractivity contribution in [3.63, 3.8) is 0 Å². The Balaban J connectivity index is 2.14. The molecule has 0 saturated heterocycles. The zero-order valence-corrected chi connectivity index (χ0v) is 10.3. The second-order valence-corrected chi connectivity index (χ2v) is 4.12. The van der Waals surface area contributed by atoms with E-state index >= 15 is 0 Å². The number of nitrogens with one attached hydrogen (secondary N) is 1. The van der Waals surface area contributed by atoms with Crippen molar-refractivity contribution in [1.29, 1.82) is 0 Å². The van der Waals surface area contributed by atoms with Crippen molar-refractivity contribution in [2.75, 3.05) is 5.32 Å². The lowest BCUT2D eigenvalue weighted by Gasteiger charge is -2.11. The molecule has 100 valence electrons. The molecule has 0 saturated carbocycles.